The Labute approximate surface area is 83.0 Å². The summed E-state index contributed by atoms with van der Waals surface area (Å²) in [6.45, 7) is 14.3. The lowest BCUT2D eigenvalue weighted by molar-refractivity contribution is 0.532. The number of aryl methyl sites for hydroxylation is 1. The Kier molecular flexibility index (Phi) is 10.5. The maximum absolute atomic E-state index is 4.13. The van der Waals surface area contributed by atoms with E-state index in [4.69, 9.17) is 0 Å². The van der Waals surface area contributed by atoms with Crippen LogP contribution in [-0.2, 0) is 0 Å². The van der Waals surface area contributed by atoms with Crippen LogP contribution in [0.4, 0.5) is 0 Å². The fourth-order valence-electron chi connectivity index (χ4n) is 0.715. The fraction of sp³-hybridized carbons (Fsp3) is 0.727. The first kappa shape index (κ1) is 14.7. The van der Waals surface area contributed by atoms with Gasteiger partial charge in [0.1, 0.15) is 0 Å². The summed E-state index contributed by atoms with van der Waals surface area (Å²) in [6.07, 6.45) is 3.92. The summed E-state index contributed by atoms with van der Waals surface area (Å²) in [5.74, 6) is 0. The molecule has 0 aliphatic heterocycles. The van der Waals surface area contributed by atoms with Gasteiger partial charge in [-0.05, 0) is 26.3 Å². The Morgan fingerprint density at radius 2 is 1.62 bits per heavy atom. The first-order valence-electron chi connectivity index (χ1n) is 5.21. The van der Waals surface area contributed by atoms with E-state index in [0.717, 1.165) is 0 Å². The Hall–Kier alpha value is -0.790. The van der Waals surface area contributed by atoms with Gasteiger partial charge in [-0.2, -0.15) is 5.10 Å². The monoisotopic (exact) mass is 184 g/mol. The molecule has 0 aromatic carbocycles. The van der Waals surface area contributed by atoms with Crippen LogP contribution in [0.2, 0.25) is 0 Å². The van der Waals surface area contributed by atoms with Gasteiger partial charge < -0.3 is 0 Å². The largest absolute Gasteiger partial charge is 0.270 e. The summed E-state index contributed by atoms with van der Waals surface area (Å²) in [7, 11) is 0. The van der Waals surface area contributed by atoms with Crippen LogP contribution >= 0.6 is 0 Å². The van der Waals surface area contributed by atoms with Crippen molar-refractivity contribution in [2.24, 2.45) is 0 Å². The molecule has 1 aromatic heterocycles. The van der Waals surface area contributed by atoms with Crippen molar-refractivity contribution in [2.45, 2.75) is 54.5 Å². The molecule has 2 nitrogen and oxygen atoms in total. The number of hydrogen-bond acceptors (Lipinski definition) is 1. The predicted molar refractivity (Wildman–Crippen MR) is 60.0 cm³/mol. The van der Waals surface area contributed by atoms with Crippen LogP contribution in [0.5, 0.6) is 0 Å². The van der Waals surface area contributed by atoms with Gasteiger partial charge >= 0.3 is 0 Å². The summed E-state index contributed by atoms with van der Waals surface area (Å²) in [6, 6.07) is 0.485. The molecule has 0 bridgehead atoms. The quantitative estimate of drug-likeness (QED) is 0.648. The van der Waals surface area contributed by atoms with Gasteiger partial charge in [0.05, 0.1) is 6.20 Å². The van der Waals surface area contributed by atoms with E-state index in [2.05, 4.69) is 18.9 Å². The van der Waals surface area contributed by atoms with Crippen molar-refractivity contribution in [3.63, 3.8) is 0 Å². The van der Waals surface area contributed by atoms with Crippen molar-refractivity contribution >= 4 is 0 Å². The zero-order valence-corrected chi connectivity index (χ0v) is 10.1. The highest BCUT2D eigenvalue weighted by Crippen LogP contribution is 2.02. The molecular weight excluding hydrogens is 160 g/mol. The Morgan fingerprint density at radius 3 is 1.77 bits per heavy atom. The molecule has 78 valence electrons. The molecule has 0 saturated heterocycles. The van der Waals surface area contributed by atoms with Crippen molar-refractivity contribution in [1.29, 1.82) is 0 Å². The highest BCUT2D eigenvalue weighted by Gasteiger charge is 1.95. The second-order valence-electron chi connectivity index (χ2n) is 2.59. The molecule has 0 atom stereocenters. The summed E-state index contributed by atoms with van der Waals surface area (Å²) in [5.41, 5.74) is 1.23. The Balaban J connectivity index is 0. The standard InChI is InChI=1S/C7H12N2.2C2H6/c1-6(2)9-5-7(3)4-8-9;2*1-2/h4-6H,1-3H3;2*1-2H3. The third-order valence-electron chi connectivity index (χ3n) is 1.26. The lowest BCUT2D eigenvalue weighted by atomic mass is 10.4. The number of nitrogens with zero attached hydrogens (tertiary/aromatic N) is 2. The van der Waals surface area contributed by atoms with Crippen LogP contribution in [0.15, 0.2) is 12.4 Å². The van der Waals surface area contributed by atoms with Gasteiger partial charge in [0.2, 0.25) is 0 Å². The molecule has 1 rings (SSSR count). The molecule has 0 spiro atoms. The first-order valence-corrected chi connectivity index (χ1v) is 5.21. The van der Waals surface area contributed by atoms with E-state index in [9.17, 15) is 0 Å². The average Bonchev–Trinajstić information content (AvgIpc) is 2.59. The summed E-state index contributed by atoms with van der Waals surface area (Å²) in [4.78, 5) is 0. The fourth-order valence-corrected chi connectivity index (χ4v) is 0.715. The van der Waals surface area contributed by atoms with Crippen LogP contribution in [-0.4, -0.2) is 9.78 Å². The van der Waals surface area contributed by atoms with E-state index in [1.54, 1.807) is 0 Å². The van der Waals surface area contributed by atoms with E-state index in [0.29, 0.717) is 6.04 Å². The molecule has 0 aliphatic rings. The third-order valence-corrected chi connectivity index (χ3v) is 1.26. The van der Waals surface area contributed by atoms with Crippen LogP contribution < -0.4 is 0 Å². The van der Waals surface area contributed by atoms with Crippen molar-refractivity contribution in [1.82, 2.24) is 9.78 Å². The van der Waals surface area contributed by atoms with Crippen molar-refractivity contribution < 1.29 is 0 Å². The minimum atomic E-state index is 0.485. The second kappa shape index (κ2) is 9.30. The zero-order valence-electron chi connectivity index (χ0n) is 10.1. The minimum Gasteiger partial charge on any atom is -0.270 e. The van der Waals surface area contributed by atoms with Crippen molar-refractivity contribution in [3.05, 3.63) is 18.0 Å². The molecule has 2 heteroatoms. The highest BCUT2D eigenvalue weighted by atomic mass is 15.3. The van der Waals surface area contributed by atoms with E-state index in [1.165, 1.54) is 5.56 Å². The van der Waals surface area contributed by atoms with E-state index in [-0.39, 0.29) is 0 Å². The molecule has 0 unspecified atom stereocenters. The topological polar surface area (TPSA) is 17.8 Å². The van der Waals surface area contributed by atoms with Gasteiger partial charge in [-0.25, -0.2) is 0 Å². The average molecular weight is 184 g/mol. The Bertz CT molecular complexity index is 190. The summed E-state index contributed by atoms with van der Waals surface area (Å²) < 4.78 is 1.95. The number of aromatic nitrogens is 2. The first-order chi connectivity index (χ1) is 6.20. The molecule has 13 heavy (non-hydrogen) atoms. The van der Waals surface area contributed by atoms with Crippen LogP contribution in [0, 0.1) is 6.92 Å². The van der Waals surface area contributed by atoms with E-state index in [1.807, 2.05) is 51.7 Å². The van der Waals surface area contributed by atoms with Gasteiger partial charge in [0.15, 0.2) is 0 Å². The highest BCUT2D eigenvalue weighted by molar-refractivity contribution is 4.99. The summed E-state index contributed by atoms with van der Waals surface area (Å²) >= 11 is 0. The second-order valence-corrected chi connectivity index (χ2v) is 2.59. The van der Waals surface area contributed by atoms with Gasteiger partial charge in [-0.3, -0.25) is 4.68 Å². The van der Waals surface area contributed by atoms with Crippen LogP contribution in [0.1, 0.15) is 53.1 Å². The van der Waals surface area contributed by atoms with Crippen molar-refractivity contribution in [3.8, 4) is 0 Å². The van der Waals surface area contributed by atoms with Crippen molar-refractivity contribution in [2.75, 3.05) is 0 Å². The molecule has 1 heterocycles. The smallest absolute Gasteiger partial charge is 0.0519 e. The molecule has 0 fully saturated rings. The third kappa shape index (κ3) is 6.38. The molecule has 0 saturated carbocycles. The normalized spacial score (nSPS) is 8.31. The molecule has 0 N–H and O–H groups in total. The molecule has 1 aromatic rings. The predicted octanol–water partition coefficient (Wildman–Crippen LogP) is 3.82. The van der Waals surface area contributed by atoms with Crippen LogP contribution in [0.3, 0.4) is 0 Å². The lowest BCUT2D eigenvalue weighted by Crippen LogP contribution is -1.99. The molecular formula is C11H24N2. The lowest BCUT2D eigenvalue weighted by Gasteiger charge is -2.02. The molecule has 0 amide bonds. The van der Waals surface area contributed by atoms with Gasteiger partial charge in [0, 0.05) is 12.2 Å². The number of hydrogen-bond donors (Lipinski definition) is 0. The minimum absolute atomic E-state index is 0.485. The molecule has 0 aliphatic carbocycles. The SMILES string of the molecule is CC.CC.Cc1cnn(C(C)C)c1. The number of rotatable bonds is 1. The van der Waals surface area contributed by atoms with Gasteiger partial charge in [0.25, 0.3) is 0 Å². The van der Waals surface area contributed by atoms with Crippen LogP contribution in [0.25, 0.3) is 0 Å². The van der Waals surface area contributed by atoms with E-state index >= 15 is 0 Å². The van der Waals surface area contributed by atoms with Gasteiger partial charge in [-0.1, -0.05) is 27.7 Å². The molecule has 0 radical (unpaired) electrons. The zero-order chi connectivity index (χ0) is 10.9. The van der Waals surface area contributed by atoms with Gasteiger partial charge in [-0.15, -0.1) is 0 Å². The van der Waals surface area contributed by atoms with E-state index < -0.39 is 0 Å². The maximum atomic E-state index is 4.13. The maximum Gasteiger partial charge on any atom is 0.0519 e. The Morgan fingerprint density at radius 1 is 1.15 bits per heavy atom. The summed E-state index contributed by atoms with van der Waals surface area (Å²) in [5, 5.41) is 4.13.